The van der Waals surface area contributed by atoms with Crippen LogP contribution in [0.15, 0.2) is 0 Å². The van der Waals surface area contributed by atoms with E-state index in [9.17, 15) is 4.79 Å². The van der Waals surface area contributed by atoms with Gasteiger partial charge >= 0.3 is 0 Å². The highest BCUT2D eigenvalue weighted by atomic mass is 16.2. The van der Waals surface area contributed by atoms with Crippen LogP contribution >= 0.6 is 0 Å². The number of nitrogens with one attached hydrogen (secondary N) is 2. The van der Waals surface area contributed by atoms with E-state index in [2.05, 4.69) is 30.4 Å². The van der Waals surface area contributed by atoms with E-state index < -0.39 is 5.54 Å². The van der Waals surface area contributed by atoms with E-state index in [1.165, 1.54) is 0 Å². The van der Waals surface area contributed by atoms with Crippen LogP contribution < -0.4 is 10.6 Å². The SMILES string of the molecule is C#CC(C)(C)NC(C)C(=O)NCC(C)C. The molecular weight excluding hydrogens is 188 g/mol. The van der Waals surface area contributed by atoms with Crippen molar-refractivity contribution in [3.63, 3.8) is 0 Å². The monoisotopic (exact) mass is 210 g/mol. The number of carbonyl (C=O) groups is 1. The Morgan fingerprint density at radius 3 is 2.33 bits per heavy atom. The van der Waals surface area contributed by atoms with Crippen LogP contribution in [-0.2, 0) is 4.79 Å². The van der Waals surface area contributed by atoms with E-state index in [1.807, 2.05) is 20.8 Å². The molecule has 0 fully saturated rings. The Balaban J connectivity index is 4.06. The average molecular weight is 210 g/mol. The molecule has 3 heteroatoms. The highest BCUT2D eigenvalue weighted by Gasteiger charge is 2.21. The highest BCUT2D eigenvalue weighted by molar-refractivity contribution is 5.81. The first kappa shape index (κ1) is 14.0. The van der Waals surface area contributed by atoms with E-state index in [0.29, 0.717) is 12.5 Å². The molecule has 0 rings (SSSR count). The van der Waals surface area contributed by atoms with E-state index in [0.717, 1.165) is 0 Å². The van der Waals surface area contributed by atoms with Gasteiger partial charge in [-0.2, -0.15) is 0 Å². The predicted octanol–water partition coefficient (Wildman–Crippen LogP) is 1.15. The molecule has 1 unspecified atom stereocenters. The lowest BCUT2D eigenvalue weighted by molar-refractivity contribution is -0.123. The standard InChI is InChI=1S/C12H22N2O/c1-7-12(5,6)14-10(4)11(15)13-8-9(2)3/h1,9-10,14H,8H2,2-6H3,(H,13,15). The third kappa shape index (κ3) is 6.14. The summed E-state index contributed by atoms with van der Waals surface area (Å²) >= 11 is 0. The second-order valence-corrected chi connectivity index (χ2v) is 4.77. The van der Waals surface area contributed by atoms with Gasteiger partial charge in [0, 0.05) is 6.54 Å². The maximum absolute atomic E-state index is 11.6. The van der Waals surface area contributed by atoms with Crippen LogP contribution in [-0.4, -0.2) is 24.0 Å². The molecule has 2 N–H and O–H groups in total. The van der Waals surface area contributed by atoms with Crippen LogP contribution in [0.25, 0.3) is 0 Å². The van der Waals surface area contributed by atoms with Crippen molar-refractivity contribution in [3.8, 4) is 12.3 Å². The van der Waals surface area contributed by atoms with Crippen molar-refractivity contribution in [1.82, 2.24) is 10.6 Å². The third-order valence-electron chi connectivity index (χ3n) is 2.02. The highest BCUT2D eigenvalue weighted by Crippen LogP contribution is 2.01. The molecule has 0 aromatic carbocycles. The number of rotatable bonds is 5. The fraction of sp³-hybridized carbons (Fsp3) is 0.750. The summed E-state index contributed by atoms with van der Waals surface area (Å²) in [6.45, 7) is 10.4. The molecule has 0 aromatic rings. The summed E-state index contributed by atoms with van der Waals surface area (Å²) in [7, 11) is 0. The summed E-state index contributed by atoms with van der Waals surface area (Å²) in [5, 5.41) is 5.94. The molecule has 0 heterocycles. The Morgan fingerprint density at radius 1 is 1.40 bits per heavy atom. The van der Waals surface area contributed by atoms with Gasteiger partial charge in [0.05, 0.1) is 11.6 Å². The van der Waals surface area contributed by atoms with Gasteiger partial charge in [-0.15, -0.1) is 6.42 Å². The zero-order chi connectivity index (χ0) is 12.1. The second-order valence-electron chi connectivity index (χ2n) is 4.77. The van der Waals surface area contributed by atoms with Crippen molar-refractivity contribution in [2.24, 2.45) is 5.92 Å². The van der Waals surface area contributed by atoms with Crippen LogP contribution in [0.1, 0.15) is 34.6 Å². The Hall–Kier alpha value is -1.01. The number of amides is 1. The molecule has 0 spiro atoms. The first-order valence-corrected chi connectivity index (χ1v) is 5.31. The predicted molar refractivity (Wildman–Crippen MR) is 63.4 cm³/mol. The first-order chi connectivity index (χ1) is 6.78. The van der Waals surface area contributed by atoms with Crippen molar-refractivity contribution in [1.29, 1.82) is 0 Å². The fourth-order valence-electron chi connectivity index (χ4n) is 1.11. The number of hydrogen-bond acceptors (Lipinski definition) is 2. The summed E-state index contributed by atoms with van der Waals surface area (Å²) in [5.41, 5.74) is -0.450. The van der Waals surface area contributed by atoms with Gasteiger partial charge < -0.3 is 5.32 Å². The maximum atomic E-state index is 11.6. The Bertz CT molecular complexity index is 251. The second kappa shape index (κ2) is 5.77. The zero-order valence-corrected chi connectivity index (χ0v) is 10.3. The Kier molecular flexibility index (Phi) is 5.38. The first-order valence-electron chi connectivity index (χ1n) is 5.31. The molecule has 0 radical (unpaired) electrons. The van der Waals surface area contributed by atoms with E-state index in [1.54, 1.807) is 0 Å². The molecule has 1 amide bonds. The molecule has 0 saturated heterocycles. The minimum Gasteiger partial charge on any atom is -0.354 e. The molecule has 86 valence electrons. The van der Waals surface area contributed by atoms with Crippen molar-refractivity contribution in [3.05, 3.63) is 0 Å². The van der Waals surface area contributed by atoms with E-state index >= 15 is 0 Å². The average Bonchev–Trinajstić information content (AvgIpc) is 2.13. The van der Waals surface area contributed by atoms with E-state index in [4.69, 9.17) is 6.42 Å². The maximum Gasteiger partial charge on any atom is 0.236 e. The quantitative estimate of drug-likeness (QED) is 0.668. The van der Waals surface area contributed by atoms with Crippen LogP contribution in [0.5, 0.6) is 0 Å². The minimum atomic E-state index is -0.450. The summed E-state index contributed by atoms with van der Waals surface area (Å²) in [6.07, 6.45) is 5.33. The molecular formula is C12H22N2O. The smallest absolute Gasteiger partial charge is 0.236 e. The van der Waals surface area contributed by atoms with Crippen LogP contribution in [0, 0.1) is 18.3 Å². The topological polar surface area (TPSA) is 41.1 Å². The summed E-state index contributed by atoms with van der Waals surface area (Å²) in [6, 6.07) is -0.269. The lowest BCUT2D eigenvalue weighted by Gasteiger charge is -2.24. The molecule has 0 aliphatic carbocycles. The van der Waals surface area contributed by atoms with Gasteiger partial charge in [-0.1, -0.05) is 19.8 Å². The molecule has 1 atom stereocenters. The third-order valence-corrected chi connectivity index (χ3v) is 2.02. The van der Waals surface area contributed by atoms with Gasteiger partial charge in [-0.3, -0.25) is 10.1 Å². The zero-order valence-electron chi connectivity index (χ0n) is 10.3. The fourth-order valence-corrected chi connectivity index (χ4v) is 1.11. The Labute approximate surface area is 93.0 Å². The van der Waals surface area contributed by atoms with Gasteiger partial charge in [-0.05, 0) is 26.7 Å². The lowest BCUT2D eigenvalue weighted by atomic mass is 10.1. The van der Waals surface area contributed by atoms with Gasteiger partial charge in [0.25, 0.3) is 0 Å². The largest absolute Gasteiger partial charge is 0.354 e. The molecule has 3 nitrogen and oxygen atoms in total. The number of hydrogen-bond donors (Lipinski definition) is 2. The molecule has 0 aliphatic rings. The van der Waals surface area contributed by atoms with Crippen molar-refractivity contribution >= 4 is 5.91 Å². The van der Waals surface area contributed by atoms with Crippen molar-refractivity contribution in [2.75, 3.05) is 6.54 Å². The lowest BCUT2D eigenvalue weighted by Crippen LogP contribution is -2.51. The van der Waals surface area contributed by atoms with Gasteiger partial charge in [0.15, 0.2) is 0 Å². The number of carbonyl (C=O) groups excluding carboxylic acids is 1. The normalized spacial score (nSPS) is 13.4. The summed E-state index contributed by atoms with van der Waals surface area (Å²) < 4.78 is 0. The van der Waals surface area contributed by atoms with Gasteiger partial charge in [0.2, 0.25) is 5.91 Å². The van der Waals surface area contributed by atoms with E-state index in [-0.39, 0.29) is 11.9 Å². The van der Waals surface area contributed by atoms with Crippen LogP contribution in [0.4, 0.5) is 0 Å². The van der Waals surface area contributed by atoms with Gasteiger partial charge in [-0.25, -0.2) is 0 Å². The van der Waals surface area contributed by atoms with Crippen LogP contribution in [0.3, 0.4) is 0 Å². The van der Waals surface area contributed by atoms with Gasteiger partial charge in [0.1, 0.15) is 0 Å². The molecule has 0 saturated carbocycles. The molecule has 0 bridgehead atoms. The minimum absolute atomic E-state index is 0.00738. The van der Waals surface area contributed by atoms with Crippen molar-refractivity contribution in [2.45, 2.75) is 46.2 Å². The molecule has 0 aromatic heterocycles. The summed E-state index contributed by atoms with van der Waals surface area (Å²) in [5.74, 6) is 3.05. The van der Waals surface area contributed by atoms with Crippen molar-refractivity contribution < 1.29 is 4.79 Å². The van der Waals surface area contributed by atoms with Crippen LogP contribution in [0.2, 0.25) is 0 Å². The summed E-state index contributed by atoms with van der Waals surface area (Å²) in [4.78, 5) is 11.6. The molecule has 0 aliphatic heterocycles. The Morgan fingerprint density at radius 2 is 1.93 bits per heavy atom. The molecule has 15 heavy (non-hydrogen) atoms. The number of terminal acetylenes is 1.